The maximum absolute atomic E-state index is 12.0. The summed E-state index contributed by atoms with van der Waals surface area (Å²) in [6.45, 7) is 7.71. The summed E-state index contributed by atoms with van der Waals surface area (Å²) >= 11 is 3.63. The predicted molar refractivity (Wildman–Crippen MR) is 82.0 cm³/mol. The summed E-state index contributed by atoms with van der Waals surface area (Å²) in [5.41, 5.74) is 4.24. The Kier molecular flexibility index (Phi) is 5.16. The summed E-state index contributed by atoms with van der Waals surface area (Å²) in [5, 5.41) is 0. The van der Waals surface area contributed by atoms with Crippen LogP contribution in [0.5, 0.6) is 5.75 Å². The van der Waals surface area contributed by atoms with Crippen molar-refractivity contribution in [2.45, 2.75) is 33.7 Å². The molecule has 1 unspecified atom stereocenters. The maximum Gasteiger partial charge on any atom is 0.151 e. The van der Waals surface area contributed by atoms with E-state index in [1.54, 1.807) is 14.0 Å². The van der Waals surface area contributed by atoms with Crippen molar-refractivity contribution >= 4 is 21.7 Å². The molecule has 106 valence electrons. The zero-order valence-corrected chi connectivity index (χ0v) is 14.3. The number of carbonyl (C=O) groups excluding carboxylic acids is 1. The second-order valence-corrected chi connectivity index (χ2v) is 5.91. The van der Waals surface area contributed by atoms with Gasteiger partial charge in [-0.25, -0.2) is 0 Å². The lowest BCUT2D eigenvalue weighted by Gasteiger charge is -2.28. The minimum absolute atomic E-state index is 0.113. The van der Waals surface area contributed by atoms with E-state index in [9.17, 15) is 4.79 Å². The molecule has 0 saturated heterocycles. The van der Waals surface area contributed by atoms with Crippen LogP contribution in [0.15, 0.2) is 4.47 Å². The van der Waals surface area contributed by atoms with Gasteiger partial charge in [0.05, 0.1) is 13.2 Å². The molecule has 0 amide bonds. The normalized spacial score (nSPS) is 12.7. The van der Waals surface area contributed by atoms with Crippen LogP contribution >= 0.6 is 15.9 Å². The van der Waals surface area contributed by atoms with Gasteiger partial charge in [0.25, 0.3) is 0 Å². The zero-order valence-electron chi connectivity index (χ0n) is 12.7. The topological polar surface area (TPSA) is 29.5 Å². The average molecular weight is 328 g/mol. The summed E-state index contributed by atoms with van der Waals surface area (Å²) in [6, 6.07) is -0.287. The van der Waals surface area contributed by atoms with E-state index in [0.29, 0.717) is 0 Å². The van der Waals surface area contributed by atoms with Gasteiger partial charge in [0.15, 0.2) is 5.78 Å². The third-order valence-corrected chi connectivity index (χ3v) is 4.78. The Morgan fingerprint density at radius 2 is 1.68 bits per heavy atom. The van der Waals surface area contributed by atoms with Crippen molar-refractivity contribution in [3.63, 3.8) is 0 Å². The summed E-state index contributed by atoms with van der Waals surface area (Å²) < 4.78 is 6.62. The molecule has 1 atom stereocenters. The molecule has 3 nitrogen and oxygen atoms in total. The van der Waals surface area contributed by atoms with Crippen LogP contribution in [-0.2, 0) is 4.79 Å². The van der Waals surface area contributed by atoms with Gasteiger partial charge in [0, 0.05) is 10.0 Å². The second kappa shape index (κ2) is 6.06. The van der Waals surface area contributed by atoms with Crippen molar-refractivity contribution in [3.05, 3.63) is 26.7 Å². The van der Waals surface area contributed by atoms with Crippen molar-refractivity contribution in [2.75, 3.05) is 21.2 Å². The number of likely N-dealkylation sites (N-methyl/N-ethyl adjacent to an activating group) is 1. The predicted octanol–water partition coefficient (Wildman–Crippen LogP) is 3.57. The number of methoxy groups -OCH3 is 1. The minimum atomic E-state index is -0.287. The average Bonchev–Trinajstić information content (AvgIpc) is 2.32. The van der Waals surface area contributed by atoms with Gasteiger partial charge in [-0.1, -0.05) is 15.9 Å². The molecule has 0 radical (unpaired) electrons. The first-order valence-corrected chi connectivity index (χ1v) is 7.03. The van der Waals surface area contributed by atoms with Crippen LogP contribution in [0.2, 0.25) is 0 Å². The van der Waals surface area contributed by atoms with Crippen LogP contribution in [0.25, 0.3) is 0 Å². The van der Waals surface area contributed by atoms with Crippen LogP contribution in [0, 0.1) is 20.8 Å². The van der Waals surface area contributed by atoms with E-state index in [0.717, 1.165) is 32.5 Å². The van der Waals surface area contributed by atoms with E-state index in [4.69, 9.17) is 4.74 Å². The molecule has 0 heterocycles. The number of hydrogen-bond acceptors (Lipinski definition) is 3. The van der Waals surface area contributed by atoms with Gasteiger partial charge in [-0.3, -0.25) is 9.69 Å². The third-order valence-electron chi connectivity index (χ3n) is 3.59. The lowest BCUT2D eigenvalue weighted by atomic mass is 9.91. The minimum Gasteiger partial charge on any atom is -0.496 e. The molecule has 0 aromatic heterocycles. The van der Waals surface area contributed by atoms with Gasteiger partial charge in [0.2, 0.25) is 0 Å². The molecule has 1 aromatic rings. The molecule has 0 N–H and O–H groups in total. The Labute approximate surface area is 124 Å². The van der Waals surface area contributed by atoms with E-state index in [2.05, 4.69) is 22.9 Å². The number of Topliss-reactive ketones (excluding diaryl/α,β-unsaturated/α-hetero) is 1. The molecule has 1 rings (SSSR count). The standard InChI is InChI=1S/C15H22BrNO2/c1-8-9(2)15(19-7)12(10(3)13(8)16)14(11(4)18)17(5)6/h14H,1-7H3. The molecule has 0 bridgehead atoms. The molecule has 0 aliphatic carbocycles. The molecule has 4 heteroatoms. The highest BCUT2D eigenvalue weighted by Crippen LogP contribution is 2.40. The fourth-order valence-corrected chi connectivity index (χ4v) is 3.04. The van der Waals surface area contributed by atoms with E-state index in [1.165, 1.54) is 0 Å². The van der Waals surface area contributed by atoms with Gasteiger partial charge in [-0.15, -0.1) is 0 Å². The number of halogens is 1. The zero-order chi connectivity index (χ0) is 14.9. The van der Waals surface area contributed by atoms with Crippen LogP contribution in [0.1, 0.15) is 35.2 Å². The number of ether oxygens (including phenoxy) is 1. The highest BCUT2D eigenvalue weighted by molar-refractivity contribution is 9.10. The monoisotopic (exact) mass is 327 g/mol. The Morgan fingerprint density at radius 1 is 1.16 bits per heavy atom. The molecule has 0 spiro atoms. The summed E-state index contributed by atoms with van der Waals surface area (Å²) in [7, 11) is 5.48. The molecule has 0 aliphatic heterocycles. The Hall–Kier alpha value is -0.870. The summed E-state index contributed by atoms with van der Waals surface area (Å²) in [6.07, 6.45) is 0. The highest BCUT2D eigenvalue weighted by Gasteiger charge is 2.28. The number of carbonyl (C=O) groups is 1. The quantitative estimate of drug-likeness (QED) is 0.846. The van der Waals surface area contributed by atoms with Crippen molar-refractivity contribution in [1.29, 1.82) is 0 Å². The molecular formula is C15H22BrNO2. The number of nitrogens with zero attached hydrogens (tertiary/aromatic N) is 1. The fraction of sp³-hybridized carbons (Fsp3) is 0.533. The van der Waals surface area contributed by atoms with E-state index >= 15 is 0 Å². The number of hydrogen-bond donors (Lipinski definition) is 0. The smallest absolute Gasteiger partial charge is 0.151 e. The molecule has 0 fully saturated rings. The second-order valence-electron chi connectivity index (χ2n) is 5.11. The van der Waals surface area contributed by atoms with Crippen LogP contribution in [0.3, 0.4) is 0 Å². The molecule has 0 aliphatic rings. The number of rotatable bonds is 4. The lowest BCUT2D eigenvalue weighted by molar-refractivity contribution is -0.121. The van der Waals surface area contributed by atoms with Gasteiger partial charge in [0.1, 0.15) is 5.75 Å². The highest BCUT2D eigenvalue weighted by atomic mass is 79.9. The summed E-state index contributed by atoms with van der Waals surface area (Å²) in [5.74, 6) is 0.925. The van der Waals surface area contributed by atoms with E-state index in [-0.39, 0.29) is 11.8 Å². The van der Waals surface area contributed by atoms with Crippen molar-refractivity contribution in [2.24, 2.45) is 0 Å². The Morgan fingerprint density at radius 3 is 2.05 bits per heavy atom. The molecule has 0 saturated carbocycles. The summed E-state index contributed by atoms with van der Waals surface area (Å²) in [4.78, 5) is 13.9. The maximum atomic E-state index is 12.0. The van der Waals surface area contributed by atoms with Crippen LogP contribution < -0.4 is 4.74 Å². The van der Waals surface area contributed by atoms with Gasteiger partial charge < -0.3 is 4.74 Å². The van der Waals surface area contributed by atoms with Crippen LogP contribution in [-0.4, -0.2) is 31.9 Å². The Balaban J connectivity index is 3.70. The van der Waals surface area contributed by atoms with Crippen molar-refractivity contribution < 1.29 is 9.53 Å². The first kappa shape index (κ1) is 16.2. The van der Waals surface area contributed by atoms with Gasteiger partial charge in [-0.05, 0) is 58.5 Å². The number of ketones is 1. The SMILES string of the molecule is COc1c(C)c(C)c(Br)c(C)c1C(C(C)=O)N(C)C. The Bertz CT molecular complexity index is 510. The van der Waals surface area contributed by atoms with Gasteiger partial charge in [-0.2, -0.15) is 0 Å². The van der Waals surface area contributed by atoms with E-state index in [1.807, 2.05) is 32.8 Å². The first-order chi connectivity index (χ1) is 8.73. The lowest BCUT2D eigenvalue weighted by Crippen LogP contribution is -2.27. The third kappa shape index (κ3) is 2.84. The van der Waals surface area contributed by atoms with E-state index < -0.39 is 0 Å². The molecular weight excluding hydrogens is 306 g/mol. The van der Waals surface area contributed by atoms with Crippen LogP contribution in [0.4, 0.5) is 0 Å². The molecule has 19 heavy (non-hydrogen) atoms. The van der Waals surface area contributed by atoms with Crippen molar-refractivity contribution in [3.8, 4) is 5.75 Å². The molecule has 1 aromatic carbocycles. The fourth-order valence-electron chi connectivity index (χ4n) is 2.52. The largest absolute Gasteiger partial charge is 0.496 e. The number of benzene rings is 1. The van der Waals surface area contributed by atoms with Gasteiger partial charge >= 0.3 is 0 Å². The first-order valence-electron chi connectivity index (χ1n) is 6.24. The van der Waals surface area contributed by atoms with Crippen molar-refractivity contribution in [1.82, 2.24) is 4.90 Å².